The number of ketones is 1. The average molecular weight is 258 g/mol. The third-order valence-corrected chi connectivity index (χ3v) is 2.42. The van der Waals surface area contributed by atoms with Gasteiger partial charge in [0.2, 0.25) is 0 Å². The van der Waals surface area contributed by atoms with Gasteiger partial charge >= 0.3 is 5.97 Å². The van der Waals surface area contributed by atoms with Gasteiger partial charge in [-0.05, 0) is 25.5 Å². The number of Topliss-reactive ketones (excluding diaryl/α,β-unsaturated/α-hetero) is 1. The summed E-state index contributed by atoms with van der Waals surface area (Å²) in [5, 5.41) is 0. The third kappa shape index (κ3) is 7.05. The van der Waals surface area contributed by atoms with Crippen LogP contribution >= 0.6 is 0 Å². The van der Waals surface area contributed by atoms with Crippen LogP contribution in [-0.2, 0) is 9.53 Å². The van der Waals surface area contributed by atoms with E-state index in [4.69, 9.17) is 4.74 Å². The van der Waals surface area contributed by atoms with Crippen LogP contribution in [0.3, 0.4) is 0 Å². The van der Waals surface area contributed by atoms with Crippen LogP contribution in [0.5, 0.6) is 0 Å². The Kier molecular flexibility index (Phi) is 7.04. The molecule has 100 valence electrons. The fourth-order valence-electron chi connectivity index (χ4n) is 1.40. The molecule has 1 rings (SSSR count). The summed E-state index contributed by atoms with van der Waals surface area (Å²) < 4.78 is 5.11. The molecular formula is C16H18O3. The van der Waals surface area contributed by atoms with E-state index in [1.54, 1.807) is 31.2 Å². The van der Waals surface area contributed by atoms with Crippen LogP contribution in [0.25, 0.3) is 0 Å². The predicted molar refractivity (Wildman–Crippen MR) is 73.6 cm³/mol. The van der Waals surface area contributed by atoms with Crippen molar-refractivity contribution >= 4 is 11.8 Å². The third-order valence-electron chi connectivity index (χ3n) is 2.42. The van der Waals surface area contributed by atoms with E-state index in [1.165, 1.54) is 0 Å². The van der Waals surface area contributed by atoms with E-state index in [2.05, 4.69) is 11.8 Å². The normalized spacial score (nSPS) is 9.32. The maximum atomic E-state index is 11.6. The molecule has 3 nitrogen and oxygen atoms in total. The number of carbonyl (C=O) groups is 2. The summed E-state index contributed by atoms with van der Waals surface area (Å²) in [6.07, 6.45) is 2.51. The summed E-state index contributed by atoms with van der Waals surface area (Å²) in [6.45, 7) is 1.93. The summed E-state index contributed by atoms with van der Waals surface area (Å²) in [4.78, 5) is 22.2. The lowest BCUT2D eigenvalue weighted by atomic mass is 10.2. The van der Waals surface area contributed by atoms with Crippen LogP contribution < -0.4 is 0 Å². The average Bonchev–Trinajstić information content (AvgIpc) is 2.42. The fourth-order valence-corrected chi connectivity index (χ4v) is 1.40. The number of benzene rings is 1. The molecule has 19 heavy (non-hydrogen) atoms. The van der Waals surface area contributed by atoms with E-state index in [0.29, 0.717) is 37.9 Å². The Morgan fingerprint density at radius 2 is 1.79 bits per heavy atom. The lowest BCUT2D eigenvalue weighted by Gasteiger charge is -2.02. The Bertz CT molecular complexity index is 466. The fraction of sp³-hybridized carbons (Fsp3) is 0.375. The Morgan fingerprint density at radius 3 is 2.47 bits per heavy atom. The number of hydrogen-bond donors (Lipinski definition) is 0. The lowest BCUT2D eigenvalue weighted by molar-refractivity contribution is -0.116. The Hall–Kier alpha value is -2.08. The number of esters is 1. The van der Waals surface area contributed by atoms with Crippen LogP contribution in [0.2, 0.25) is 0 Å². The van der Waals surface area contributed by atoms with Gasteiger partial charge in [-0.25, -0.2) is 4.79 Å². The van der Waals surface area contributed by atoms with Gasteiger partial charge in [-0.1, -0.05) is 18.2 Å². The van der Waals surface area contributed by atoms with Gasteiger partial charge in [0.25, 0.3) is 0 Å². The van der Waals surface area contributed by atoms with Crippen molar-refractivity contribution in [3.05, 3.63) is 35.9 Å². The van der Waals surface area contributed by atoms with Crippen LogP contribution in [0.15, 0.2) is 30.3 Å². The zero-order valence-corrected chi connectivity index (χ0v) is 11.1. The maximum Gasteiger partial charge on any atom is 0.338 e. The number of rotatable bonds is 6. The van der Waals surface area contributed by atoms with Crippen molar-refractivity contribution in [1.29, 1.82) is 0 Å². The van der Waals surface area contributed by atoms with E-state index in [-0.39, 0.29) is 11.8 Å². The summed E-state index contributed by atoms with van der Waals surface area (Å²) in [5.74, 6) is 5.74. The molecule has 0 aliphatic heterocycles. The van der Waals surface area contributed by atoms with E-state index in [0.717, 1.165) is 0 Å². The topological polar surface area (TPSA) is 43.4 Å². The highest BCUT2D eigenvalue weighted by Crippen LogP contribution is 2.01. The molecule has 0 fully saturated rings. The summed E-state index contributed by atoms with van der Waals surface area (Å²) in [6, 6.07) is 8.91. The van der Waals surface area contributed by atoms with E-state index >= 15 is 0 Å². The summed E-state index contributed by atoms with van der Waals surface area (Å²) in [7, 11) is 0. The molecule has 1 aromatic carbocycles. The van der Waals surface area contributed by atoms with Gasteiger partial charge in [0.15, 0.2) is 0 Å². The molecule has 0 bridgehead atoms. The van der Waals surface area contributed by atoms with Gasteiger partial charge in [-0.3, -0.25) is 4.79 Å². The van der Waals surface area contributed by atoms with Gasteiger partial charge in [0, 0.05) is 19.3 Å². The highest BCUT2D eigenvalue weighted by molar-refractivity contribution is 5.89. The minimum absolute atomic E-state index is 0.158. The first-order chi connectivity index (χ1) is 9.20. The lowest BCUT2D eigenvalue weighted by Crippen LogP contribution is -2.05. The first-order valence-corrected chi connectivity index (χ1v) is 6.37. The van der Waals surface area contributed by atoms with Crippen molar-refractivity contribution in [2.24, 2.45) is 0 Å². The molecule has 3 heteroatoms. The van der Waals surface area contributed by atoms with Gasteiger partial charge in [0.05, 0.1) is 12.2 Å². The van der Waals surface area contributed by atoms with Gasteiger partial charge < -0.3 is 4.74 Å². The molecule has 0 amide bonds. The molecule has 0 radical (unpaired) electrons. The van der Waals surface area contributed by atoms with E-state index < -0.39 is 0 Å². The van der Waals surface area contributed by atoms with Crippen molar-refractivity contribution in [2.75, 3.05) is 6.61 Å². The maximum absolute atomic E-state index is 11.6. The molecule has 0 saturated heterocycles. The van der Waals surface area contributed by atoms with E-state index in [9.17, 15) is 9.59 Å². The number of unbranched alkanes of at least 4 members (excludes halogenated alkanes) is 1. The van der Waals surface area contributed by atoms with Gasteiger partial charge in [0.1, 0.15) is 5.78 Å². The standard InChI is InChI=1S/C16H18O3/c1-14(17)10-6-3-2-4-9-13-19-16(18)15-11-7-5-8-12-15/h5,7-8,11-12H,4,6,9-10,13H2,1H3. The Labute approximate surface area is 114 Å². The highest BCUT2D eigenvalue weighted by atomic mass is 16.5. The first-order valence-electron chi connectivity index (χ1n) is 6.37. The molecule has 0 atom stereocenters. The second kappa shape index (κ2) is 8.93. The van der Waals surface area contributed by atoms with Crippen molar-refractivity contribution in [3.8, 4) is 11.8 Å². The van der Waals surface area contributed by atoms with Crippen molar-refractivity contribution in [3.63, 3.8) is 0 Å². The molecule has 0 unspecified atom stereocenters. The zero-order chi connectivity index (χ0) is 13.9. The molecule has 0 aliphatic carbocycles. The molecule has 0 N–H and O–H groups in total. The summed E-state index contributed by atoms with van der Waals surface area (Å²) in [5.41, 5.74) is 0.565. The Morgan fingerprint density at radius 1 is 1.11 bits per heavy atom. The van der Waals surface area contributed by atoms with Crippen molar-refractivity contribution < 1.29 is 14.3 Å². The quantitative estimate of drug-likeness (QED) is 0.447. The highest BCUT2D eigenvalue weighted by Gasteiger charge is 2.04. The van der Waals surface area contributed by atoms with Crippen molar-refractivity contribution in [1.82, 2.24) is 0 Å². The van der Waals surface area contributed by atoms with Crippen LogP contribution in [-0.4, -0.2) is 18.4 Å². The van der Waals surface area contributed by atoms with Crippen molar-refractivity contribution in [2.45, 2.75) is 32.6 Å². The van der Waals surface area contributed by atoms with Crippen LogP contribution in [0.1, 0.15) is 43.0 Å². The molecule has 0 saturated carbocycles. The van der Waals surface area contributed by atoms with Crippen LogP contribution in [0, 0.1) is 11.8 Å². The summed E-state index contributed by atoms with van der Waals surface area (Å²) >= 11 is 0. The van der Waals surface area contributed by atoms with Gasteiger partial charge in [-0.15, -0.1) is 11.8 Å². The minimum Gasteiger partial charge on any atom is -0.462 e. The molecule has 0 heterocycles. The monoisotopic (exact) mass is 258 g/mol. The molecule has 0 aromatic heterocycles. The SMILES string of the molecule is CC(=O)CCC#CCCCOC(=O)c1ccccc1. The molecular weight excluding hydrogens is 240 g/mol. The molecule has 1 aromatic rings. The smallest absolute Gasteiger partial charge is 0.338 e. The minimum atomic E-state index is -0.301. The Balaban J connectivity index is 2.11. The number of ether oxygens (including phenoxy) is 1. The second-order valence-corrected chi connectivity index (χ2v) is 4.16. The number of hydrogen-bond acceptors (Lipinski definition) is 3. The first kappa shape index (κ1) is 15.0. The second-order valence-electron chi connectivity index (χ2n) is 4.16. The largest absolute Gasteiger partial charge is 0.462 e. The van der Waals surface area contributed by atoms with Crippen LogP contribution in [0.4, 0.5) is 0 Å². The van der Waals surface area contributed by atoms with Gasteiger partial charge in [-0.2, -0.15) is 0 Å². The molecule has 0 aliphatic rings. The van der Waals surface area contributed by atoms with E-state index in [1.807, 2.05) is 6.07 Å². The zero-order valence-electron chi connectivity index (χ0n) is 11.1. The number of carbonyl (C=O) groups excluding carboxylic acids is 2. The predicted octanol–water partition coefficient (Wildman–Crippen LogP) is 3.00. The molecule has 0 spiro atoms.